The first-order valence-electron chi connectivity index (χ1n) is 24.8. The number of aliphatic hydroxyl groups is 3. The van der Waals surface area contributed by atoms with E-state index in [4.69, 9.17) is 29.3 Å². The summed E-state index contributed by atoms with van der Waals surface area (Å²) in [5.74, 6) is -7.21. The van der Waals surface area contributed by atoms with Crippen LogP contribution in [0.2, 0.25) is 0 Å². The van der Waals surface area contributed by atoms with E-state index in [9.17, 15) is 39.6 Å². The van der Waals surface area contributed by atoms with Crippen LogP contribution in [0.15, 0.2) is 58.5 Å². The van der Waals surface area contributed by atoms with Crippen LogP contribution in [0.25, 0.3) is 10.8 Å². The molecule has 6 aliphatic heterocycles. The van der Waals surface area contributed by atoms with Crippen LogP contribution in [0.1, 0.15) is 103 Å². The molecule has 6 aliphatic rings. The lowest BCUT2D eigenvalue weighted by Crippen LogP contribution is -2.51. The number of esters is 1. The monoisotopic (exact) mass is 999 g/mol. The van der Waals surface area contributed by atoms with Gasteiger partial charge in [0.15, 0.2) is 11.4 Å². The Balaban J connectivity index is 0.00000376. The Morgan fingerprint density at radius 1 is 0.958 bits per heavy atom. The van der Waals surface area contributed by atoms with Gasteiger partial charge in [0.05, 0.1) is 47.0 Å². The van der Waals surface area contributed by atoms with E-state index in [-0.39, 0.29) is 67.8 Å². The Bertz CT molecular complexity index is 2780. The van der Waals surface area contributed by atoms with E-state index in [1.807, 2.05) is 6.92 Å². The summed E-state index contributed by atoms with van der Waals surface area (Å²) in [6.45, 7) is 18.9. The number of aliphatic hydroxyl groups excluding tert-OH is 3. The van der Waals surface area contributed by atoms with Crippen molar-refractivity contribution in [2.75, 3.05) is 45.2 Å². The van der Waals surface area contributed by atoms with Crippen molar-refractivity contribution < 1.29 is 58.9 Å². The summed E-state index contributed by atoms with van der Waals surface area (Å²) < 4.78 is 20.1. The fourth-order valence-corrected chi connectivity index (χ4v) is 10.4. The topological polar surface area (TPSA) is 271 Å². The summed E-state index contributed by atoms with van der Waals surface area (Å²) in [4.78, 5) is 69.7. The van der Waals surface area contributed by atoms with Gasteiger partial charge in [-0.25, -0.2) is 4.68 Å². The van der Waals surface area contributed by atoms with E-state index in [2.05, 4.69) is 34.4 Å². The van der Waals surface area contributed by atoms with Gasteiger partial charge in [-0.05, 0) is 38.2 Å². The first kappa shape index (κ1) is 53.6. The van der Waals surface area contributed by atoms with E-state index >= 15 is 0 Å². The molecular formula is C52H70N8O12. The van der Waals surface area contributed by atoms with Crippen molar-refractivity contribution in [2.45, 2.75) is 124 Å². The number of nitrogens with one attached hydrogen (secondary N) is 1. The number of hydrogen-bond acceptors (Lipinski definition) is 17. The van der Waals surface area contributed by atoms with Crippen molar-refractivity contribution in [3.63, 3.8) is 0 Å². The number of phenols is 2. The van der Waals surface area contributed by atoms with Crippen molar-refractivity contribution in [1.82, 2.24) is 24.8 Å². The molecule has 20 nitrogen and oxygen atoms in total. The lowest BCUT2D eigenvalue weighted by Gasteiger charge is -2.39. The van der Waals surface area contributed by atoms with Crippen molar-refractivity contribution in [3.8, 4) is 17.2 Å². The summed E-state index contributed by atoms with van der Waals surface area (Å²) >= 11 is 0. The van der Waals surface area contributed by atoms with Crippen LogP contribution in [0.4, 0.5) is 5.69 Å². The molecule has 72 heavy (non-hydrogen) atoms. The second kappa shape index (κ2) is 21.5. The third kappa shape index (κ3) is 10.4. The van der Waals surface area contributed by atoms with E-state index in [0.717, 1.165) is 13.7 Å². The molecule has 9 rings (SSSR count). The van der Waals surface area contributed by atoms with Gasteiger partial charge >= 0.3 is 11.8 Å². The number of ether oxygens (including phenoxy) is 3. The van der Waals surface area contributed by atoms with Crippen molar-refractivity contribution in [1.29, 1.82) is 0 Å². The molecule has 8 atom stereocenters. The number of amides is 2. The average molecular weight is 999 g/mol. The molecule has 2 amide bonds. The van der Waals surface area contributed by atoms with Crippen molar-refractivity contribution >= 4 is 40.0 Å². The Hall–Kier alpha value is -6.22. The number of phenolic OH excluding ortho intramolecular Hbond substituents is 2. The maximum Gasteiger partial charge on any atom is 0.315 e. The first-order chi connectivity index (χ1) is 34.1. The zero-order valence-electron chi connectivity index (χ0n) is 42.8. The maximum absolute atomic E-state index is 14.8. The van der Waals surface area contributed by atoms with Crippen LogP contribution in [-0.2, 0) is 23.9 Å². The SMILES string of the molecule is C/C1=C/C=C/C(C)[C@H](O)[C@@H](C)[C@@H](O)[C@@H](C)C(OC(=O)CC(=O)N2CC(n3ccnn3)C2)[C@H](C)C/C=C/OC2(C)Oc3c(C)c(O)c4c(O)c(c5c(c4c3C2=O)=NC2(CCN(CC(C)C)CC2)N=5)NC1=O.CO. The van der Waals surface area contributed by atoms with Crippen LogP contribution in [0, 0.1) is 36.5 Å². The molecule has 1 spiro atoms. The van der Waals surface area contributed by atoms with Gasteiger partial charge in [0, 0.05) is 100 Å². The number of piperidine rings is 1. The van der Waals surface area contributed by atoms with Gasteiger partial charge in [0.25, 0.3) is 11.7 Å². The molecule has 7 heterocycles. The number of hydrogen-bond donors (Lipinski definition) is 6. The number of aromatic hydroxyl groups is 2. The Kier molecular flexibility index (Phi) is 16.0. The molecule has 0 aliphatic carbocycles. The highest BCUT2D eigenvalue weighted by atomic mass is 16.7. The molecule has 3 unspecified atom stereocenters. The van der Waals surface area contributed by atoms with Crippen molar-refractivity contribution in [3.05, 3.63) is 70.4 Å². The molecule has 5 bridgehead atoms. The number of allylic oxidation sites excluding steroid dienone is 3. The number of carbonyl (C=O) groups is 4. The largest absolute Gasteiger partial charge is 0.507 e. The summed E-state index contributed by atoms with van der Waals surface area (Å²) in [5, 5.41) is 65.5. The van der Waals surface area contributed by atoms with Gasteiger partial charge in [0.1, 0.15) is 35.1 Å². The number of likely N-dealkylation sites (tertiary alicyclic amines) is 2. The minimum Gasteiger partial charge on any atom is -0.507 e. The van der Waals surface area contributed by atoms with Gasteiger partial charge in [-0.3, -0.25) is 29.2 Å². The number of ketones is 1. The Morgan fingerprint density at radius 2 is 1.64 bits per heavy atom. The van der Waals surface area contributed by atoms with Crippen molar-refractivity contribution in [2.24, 2.45) is 39.6 Å². The number of carbonyl (C=O) groups excluding carboxylic acids is 4. The smallest absolute Gasteiger partial charge is 0.315 e. The molecule has 2 saturated heterocycles. The second-order valence-electron chi connectivity index (χ2n) is 20.5. The van der Waals surface area contributed by atoms with E-state index in [1.54, 1.807) is 76.0 Å². The van der Waals surface area contributed by atoms with Crippen LogP contribution in [-0.4, -0.2) is 143 Å². The number of rotatable bonds is 6. The molecule has 1 aromatic heterocycles. The van der Waals surface area contributed by atoms with E-state index < -0.39 is 89.2 Å². The fourth-order valence-electron chi connectivity index (χ4n) is 10.4. The molecule has 2 aromatic carbocycles. The third-order valence-corrected chi connectivity index (χ3v) is 14.8. The fraction of sp³-hybridized carbons (Fsp3) is 0.577. The predicted molar refractivity (Wildman–Crippen MR) is 264 cm³/mol. The van der Waals surface area contributed by atoms with Gasteiger partial charge in [-0.2, -0.15) is 0 Å². The molecular weight excluding hydrogens is 929 g/mol. The second-order valence-corrected chi connectivity index (χ2v) is 20.5. The third-order valence-electron chi connectivity index (χ3n) is 14.8. The normalized spacial score (nSPS) is 29.4. The minimum absolute atomic E-state index is 0.0322. The van der Waals surface area contributed by atoms with E-state index in [1.165, 1.54) is 18.1 Å². The number of fused-ring (bicyclic) bond motifs is 13. The first-order valence-corrected chi connectivity index (χ1v) is 24.8. The number of Topliss-reactive ketones (excluding diaryl/α,β-unsaturated/α-hetero) is 1. The van der Waals surface area contributed by atoms with Crippen LogP contribution in [0.5, 0.6) is 17.2 Å². The number of benzene rings is 2. The molecule has 20 heteroatoms. The van der Waals surface area contributed by atoms with Gasteiger partial charge in [0.2, 0.25) is 5.91 Å². The lowest BCUT2D eigenvalue weighted by molar-refractivity contribution is -0.163. The molecule has 3 aromatic rings. The lowest BCUT2D eigenvalue weighted by atomic mass is 9.79. The summed E-state index contributed by atoms with van der Waals surface area (Å²) in [6.07, 6.45) is 8.63. The molecule has 0 saturated carbocycles. The number of aromatic nitrogens is 3. The highest BCUT2D eigenvalue weighted by Crippen LogP contribution is 2.50. The molecule has 0 radical (unpaired) electrons. The molecule has 2 fully saturated rings. The molecule has 390 valence electrons. The maximum atomic E-state index is 14.8. The minimum atomic E-state index is -1.95. The summed E-state index contributed by atoms with van der Waals surface area (Å²) in [7, 11) is 1.00. The summed E-state index contributed by atoms with van der Waals surface area (Å²) in [6, 6.07) is -0.0501. The van der Waals surface area contributed by atoms with Crippen LogP contribution in [0.3, 0.4) is 0 Å². The quantitative estimate of drug-likeness (QED) is 0.117. The average Bonchev–Trinajstić information content (AvgIpc) is 4.06. The predicted octanol–water partition coefficient (Wildman–Crippen LogP) is 3.78. The zero-order chi connectivity index (χ0) is 52.6. The van der Waals surface area contributed by atoms with Crippen LogP contribution >= 0.6 is 0 Å². The highest BCUT2D eigenvalue weighted by molar-refractivity contribution is 6.19. The van der Waals surface area contributed by atoms with Gasteiger partial charge in [-0.1, -0.05) is 65.0 Å². The van der Waals surface area contributed by atoms with Gasteiger partial charge < -0.3 is 54.9 Å². The number of anilines is 1. The summed E-state index contributed by atoms with van der Waals surface area (Å²) in [5.41, 5.74) is -0.623. The number of nitrogens with zero attached hydrogens (tertiary/aromatic N) is 7. The van der Waals surface area contributed by atoms with Gasteiger partial charge in [-0.15, -0.1) is 5.10 Å². The van der Waals surface area contributed by atoms with Crippen LogP contribution < -0.4 is 20.8 Å². The standard InChI is InChI=1S/C51H66N8O11.CH4O/c1-26(2)23-57-18-15-51(16-19-57)54-39-36-37-44(64)32(8)47-38(36)48(66)50(9,70-47)68-21-11-14-28(4)46(69-35(61)22-34(60)58-24-33(25-58)59-20-17-52-56-59)31(7)43(63)30(6)42(62)27(3)12-10-13-29(5)49(67)53-41(45(37)65)40(39)55-51;1-2/h10-13,17,20-21,26-28,30-31,33,42-43,46,62-65H,14-16,18-19,22-25H2,1-9H3,(H,53,67);2H,1H3/b12-10+,21-11+,29-13-;/t27?,28-,30-,31-,42+,43-,46?,50?;/m1./s1. The Morgan fingerprint density at radius 3 is 2.29 bits per heavy atom. The van der Waals surface area contributed by atoms with E-state index in [0.29, 0.717) is 44.9 Å². The molecule has 6 N–H and O–H groups in total. The Labute approximate surface area is 418 Å². The highest BCUT2D eigenvalue weighted by Gasteiger charge is 2.50. The zero-order valence-corrected chi connectivity index (χ0v) is 42.8.